The summed E-state index contributed by atoms with van der Waals surface area (Å²) in [4.78, 5) is 2.37. The van der Waals surface area contributed by atoms with Gasteiger partial charge in [0.25, 0.3) is 0 Å². The third-order valence-electron chi connectivity index (χ3n) is 5.86. The molecule has 0 bridgehead atoms. The largest absolute Gasteiger partial charge is 0.471 e. The molecule has 1 aliphatic rings. The molecule has 1 aromatic carbocycles. The van der Waals surface area contributed by atoms with E-state index >= 15 is 0 Å². The zero-order valence-electron chi connectivity index (χ0n) is 17.9. The molecule has 0 spiro atoms. The van der Waals surface area contributed by atoms with E-state index in [0.717, 1.165) is 19.0 Å². The molecule has 0 saturated carbocycles. The SMILES string of the molecule is CCCCCCCCCCCCCCCCCCN1COc2ccccc21. The van der Waals surface area contributed by atoms with E-state index in [1.54, 1.807) is 0 Å². The fourth-order valence-corrected chi connectivity index (χ4v) is 4.09. The highest BCUT2D eigenvalue weighted by Gasteiger charge is 2.18. The van der Waals surface area contributed by atoms with Gasteiger partial charge in [0.2, 0.25) is 0 Å². The molecule has 0 N–H and O–H groups in total. The van der Waals surface area contributed by atoms with Crippen LogP contribution in [-0.4, -0.2) is 13.3 Å². The van der Waals surface area contributed by atoms with Crippen LogP contribution in [0.1, 0.15) is 110 Å². The van der Waals surface area contributed by atoms with E-state index in [0.29, 0.717) is 0 Å². The van der Waals surface area contributed by atoms with E-state index in [4.69, 9.17) is 4.74 Å². The van der Waals surface area contributed by atoms with Crippen LogP contribution in [0.25, 0.3) is 0 Å². The standard InChI is InChI=1S/C25H43NO/c1-2-3-4-5-6-7-8-9-10-11-12-13-14-15-16-19-22-26-23-27-25-21-18-17-20-24(25)26/h17-18,20-21H,2-16,19,22-23H2,1H3. The number of fused-ring (bicyclic) bond motifs is 1. The Balaban J connectivity index is 1.30. The number of benzene rings is 1. The topological polar surface area (TPSA) is 12.5 Å². The van der Waals surface area contributed by atoms with Gasteiger partial charge in [-0.3, -0.25) is 0 Å². The van der Waals surface area contributed by atoms with Gasteiger partial charge in [-0.2, -0.15) is 0 Å². The minimum atomic E-state index is 0.734. The molecule has 0 radical (unpaired) electrons. The maximum Gasteiger partial charge on any atom is 0.161 e. The summed E-state index contributed by atoms with van der Waals surface area (Å²) in [6.07, 6.45) is 22.8. The first kappa shape index (κ1) is 22.1. The third kappa shape index (κ3) is 9.53. The second-order valence-corrected chi connectivity index (χ2v) is 8.31. The van der Waals surface area contributed by atoms with Crippen molar-refractivity contribution in [1.82, 2.24) is 0 Å². The van der Waals surface area contributed by atoms with Crippen molar-refractivity contribution < 1.29 is 4.74 Å². The van der Waals surface area contributed by atoms with Crippen LogP contribution in [0.2, 0.25) is 0 Å². The number of unbranched alkanes of at least 4 members (excludes halogenated alkanes) is 15. The van der Waals surface area contributed by atoms with Crippen LogP contribution in [0.15, 0.2) is 24.3 Å². The van der Waals surface area contributed by atoms with Crippen molar-refractivity contribution in [2.24, 2.45) is 0 Å². The van der Waals surface area contributed by atoms with Crippen LogP contribution in [0, 0.1) is 0 Å². The molecule has 27 heavy (non-hydrogen) atoms. The highest BCUT2D eigenvalue weighted by atomic mass is 16.5. The Morgan fingerprint density at radius 2 is 1.15 bits per heavy atom. The number of nitrogens with zero attached hydrogens (tertiary/aromatic N) is 1. The molecule has 2 heteroatoms. The van der Waals surface area contributed by atoms with Crippen LogP contribution < -0.4 is 9.64 Å². The summed E-state index contributed by atoms with van der Waals surface area (Å²) in [6.45, 7) is 4.16. The van der Waals surface area contributed by atoms with Crippen LogP contribution in [0.4, 0.5) is 5.69 Å². The smallest absolute Gasteiger partial charge is 0.161 e. The molecule has 1 heterocycles. The lowest BCUT2D eigenvalue weighted by atomic mass is 10.0. The fourth-order valence-electron chi connectivity index (χ4n) is 4.09. The lowest BCUT2D eigenvalue weighted by Crippen LogP contribution is -2.23. The van der Waals surface area contributed by atoms with E-state index in [1.165, 1.54) is 108 Å². The first-order chi connectivity index (χ1) is 13.4. The highest BCUT2D eigenvalue weighted by Crippen LogP contribution is 2.33. The summed E-state index contributed by atoms with van der Waals surface area (Å²) in [5, 5.41) is 0. The molecule has 0 aromatic heterocycles. The van der Waals surface area contributed by atoms with Gasteiger partial charge in [0.05, 0.1) is 5.69 Å². The number of hydrogen-bond acceptors (Lipinski definition) is 2. The summed E-state index contributed by atoms with van der Waals surface area (Å²) >= 11 is 0. The molecule has 1 aromatic rings. The first-order valence-electron chi connectivity index (χ1n) is 11.9. The summed E-state index contributed by atoms with van der Waals surface area (Å²) in [7, 11) is 0. The molecule has 2 rings (SSSR count). The van der Waals surface area contributed by atoms with Crippen molar-refractivity contribution in [2.75, 3.05) is 18.2 Å². The molecule has 0 atom stereocenters. The van der Waals surface area contributed by atoms with Crippen LogP contribution in [-0.2, 0) is 0 Å². The van der Waals surface area contributed by atoms with Crippen molar-refractivity contribution in [1.29, 1.82) is 0 Å². The van der Waals surface area contributed by atoms with Crippen molar-refractivity contribution in [2.45, 2.75) is 110 Å². The zero-order chi connectivity index (χ0) is 19.0. The molecule has 0 unspecified atom stereocenters. The lowest BCUT2D eigenvalue weighted by Gasteiger charge is -2.16. The van der Waals surface area contributed by atoms with Gasteiger partial charge in [0.15, 0.2) is 6.73 Å². The highest BCUT2D eigenvalue weighted by molar-refractivity contribution is 5.60. The van der Waals surface area contributed by atoms with E-state index in [9.17, 15) is 0 Å². The molecule has 1 aliphatic heterocycles. The van der Waals surface area contributed by atoms with Crippen molar-refractivity contribution in [3.63, 3.8) is 0 Å². The molecular weight excluding hydrogens is 330 g/mol. The zero-order valence-corrected chi connectivity index (χ0v) is 17.9. The van der Waals surface area contributed by atoms with Gasteiger partial charge in [0, 0.05) is 6.54 Å². The normalized spacial score (nSPS) is 13.0. The number of para-hydroxylation sites is 2. The molecule has 0 aliphatic carbocycles. The van der Waals surface area contributed by atoms with Gasteiger partial charge >= 0.3 is 0 Å². The fraction of sp³-hybridized carbons (Fsp3) is 0.760. The summed E-state index contributed by atoms with van der Waals surface area (Å²) in [5.74, 6) is 1.05. The quantitative estimate of drug-likeness (QED) is 0.256. The Labute approximate surface area is 168 Å². The van der Waals surface area contributed by atoms with Gasteiger partial charge in [-0.25, -0.2) is 0 Å². The number of hydrogen-bond donors (Lipinski definition) is 0. The molecule has 0 saturated heterocycles. The van der Waals surface area contributed by atoms with E-state index in [1.807, 2.05) is 0 Å². The van der Waals surface area contributed by atoms with Gasteiger partial charge in [0.1, 0.15) is 5.75 Å². The molecule has 0 fully saturated rings. The van der Waals surface area contributed by atoms with Gasteiger partial charge in [-0.15, -0.1) is 0 Å². The Morgan fingerprint density at radius 3 is 1.70 bits per heavy atom. The average Bonchev–Trinajstić information content (AvgIpc) is 3.11. The number of rotatable bonds is 17. The van der Waals surface area contributed by atoms with Crippen molar-refractivity contribution >= 4 is 5.69 Å². The number of ether oxygens (including phenoxy) is 1. The lowest BCUT2D eigenvalue weighted by molar-refractivity contribution is 0.345. The first-order valence-corrected chi connectivity index (χ1v) is 11.9. The average molecular weight is 374 g/mol. The summed E-state index contributed by atoms with van der Waals surface area (Å²) < 4.78 is 5.72. The molecular formula is C25H43NO. The minimum absolute atomic E-state index is 0.734. The second kappa shape index (κ2) is 14.8. The third-order valence-corrected chi connectivity index (χ3v) is 5.86. The molecule has 0 amide bonds. The van der Waals surface area contributed by atoms with Crippen LogP contribution >= 0.6 is 0 Å². The minimum Gasteiger partial charge on any atom is -0.471 e. The molecule has 2 nitrogen and oxygen atoms in total. The maximum absolute atomic E-state index is 5.72. The number of anilines is 1. The Hall–Kier alpha value is -1.18. The van der Waals surface area contributed by atoms with Crippen molar-refractivity contribution in [3.05, 3.63) is 24.3 Å². The van der Waals surface area contributed by atoms with Gasteiger partial charge in [-0.1, -0.05) is 115 Å². The Morgan fingerprint density at radius 1 is 0.667 bits per heavy atom. The predicted molar refractivity (Wildman–Crippen MR) is 119 cm³/mol. The predicted octanol–water partition coefficient (Wildman–Crippen LogP) is 8.10. The monoisotopic (exact) mass is 373 g/mol. The van der Waals surface area contributed by atoms with E-state index < -0.39 is 0 Å². The van der Waals surface area contributed by atoms with E-state index in [-0.39, 0.29) is 0 Å². The molecule has 154 valence electrons. The Kier molecular flexibility index (Phi) is 12.1. The van der Waals surface area contributed by atoms with E-state index in [2.05, 4.69) is 36.1 Å². The van der Waals surface area contributed by atoms with Crippen LogP contribution in [0.3, 0.4) is 0 Å². The van der Waals surface area contributed by atoms with Gasteiger partial charge in [-0.05, 0) is 18.6 Å². The van der Waals surface area contributed by atoms with Crippen LogP contribution in [0.5, 0.6) is 5.75 Å². The Bertz CT molecular complexity index is 473. The van der Waals surface area contributed by atoms with Crippen molar-refractivity contribution in [3.8, 4) is 5.75 Å². The van der Waals surface area contributed by atoms with Gasteiger partial charge < -0.3 is 9.64 Å². The second-order valence-electron chi connectivity index (χ2n) is 8.31. The summed E-state index contributed by atoms with van der Waals surface area (Å²) in [5.41, 5.74) is 1.28. The summed E-state index contributed by atoms with van der Waals surface area (Å²) in [6, 6.07) is 8.41. The maximum atomic E-state index is 5.72.